The number of ether oxygens (including phenoxy) is 1. The summed E-state index contributed by atoms with van der Waals surface area (Å²) < 4.78 is 5.31. The Morgan fingerprint density at radius 2 is 2.26 bits per heavy atom. The van der Waals surface area contributed by atoms with Crippen molar-refractivity contribution in [3.8, 4) is 5.75 Å². The summed E-state index contributed by atoms with van der Waals surface area (Å²) in [6.07, 6.45) is 0.0683. The van der Waals surface area contributed by atoms with Crippen molar-refractivity contribution in [2.75, 3.05) is 37.1 Å². The number of anilines is 2. The van der Waals surface area contributed by atoms with Gasteiger partial charge in [0.2, 0.25) is 5.91 Å². The van der Waals surface area contributed by atoms with E-state index in [-0.39, 0.29) is 31.4 Å². The molecule has 19 heavy (non-hydrogen) atoms. The highest BCUT2D eigenvalue weighted by Crippen LogP contribution is 2.34. The number of rotatable bonds is 3. The highest BCUT2D eigenvalue weighted by Gasteiger charge is 2.23. The van der Waals surface area contributed by atoms with E-state index in [1.54, 1.807) is 32.3 Å². The quantitative estimate of drug-likeness (QED) is 0.857. The number of benzene rings is 1. The normalized spacial score (nSPS) is 13.8. The lowest BCUT2D eigenvalue weighted by molar-refractivity contribution is -0.121. The maximum absolute atomic E-state index is 11.7. The van der Waals surface area contributed by atoms with E-state index in [2.05, 4.69) is 0 Å². The van der Waals surface area contributed by atoms with Gasteiger partial charge < -0.3 is 19.6 Å². The summed E-state index contributed by atoms with van der Waals surface area (Å²) in [4.78, 5) is 26.2. The third-order valence-corrected chi connectivity index (χ3v) is 3.12. The molecule has 0 spiro atoms. The van der Waals surface area contributed by atoms with E-state index in [9.17, 15) is 9.59 Å². The first-order valence-corrected chi connectivity index (χ1v) is 5.95. The molecule has 6 nitrogen and oxygen atoms in total. The third kappa shape index (κ3) is 2.53. The fourth-order valence-corrected chi connectivity index (χ4v) is 1.88. The fraction of sp³-hybridized carbons (Fsp3) is 0.385. The van der Waals surface area contributed by atoms with E-state index in [0.717, 1.165) is 0 Å². The number of carbonyl (C=O) groups is 2. The lowest BCUT2D eigenvalue weighted by atomic mass is 10.2. The highest BCUT2D eigenvalue weighted by atomic mass is 16.5. The summed E-state index contributed by atoms with van der Waals surface area (Å²) in [6, 6.07) is 5.20. The van der Waals surface area contributed by atoms with Crippen molar-refractivity contribution in [1.29, 1.82) is 0 Å². The van der Waals surface area contributed by atoms with Gasteiger partial charge in [0.15, 0.2) is 6.61 Å². The van der Waals surface area contributed by atoms with Gasteiger partial charge in [-0.25, -0.2) is 0 Å². The lowest BCUT2D eigenvalue weighted by Gasteiger charge is -2.27. The number of fused-ring (bicyclic) bond motifs is 1. The van der Waals surface area contributed by atoms with Gasteiger partial charge in [-0.1, -0.05) is 0 Å². The highest BCUT2D eigenvalue weighted by molar-refractivity contribution is 5.99. The predicted molar refractivity (Wildman–Crippen MR) is 70.5 cm³/mol. The first kappa shape index (κ1) is 13.4. The molecule has 1 N–H and O–H groups in total. The SMILES string of the molecule is CN(C(=O)CCO)c1ccc2c(c1)N(C)C(=O)CO2. The number of likely N-dealkylation sites (N-methyl/N-ethyl adjacent to an activating group) is 1. The van der Waals surface area contributed by atoms with Crippen LogP contribution in [0.25, 0.3) is 0 Å². The molecule has 0 saturated heterocycles. The number of aliphatic hydroxyl groups excluding tert-OH is 1. The fourth-order valence-electron chi connectivity index (χ4n) is 1.88. The van der Waals surface area contributed by atoms with Gasteiger partial charge >= 0.3 is 0 Å². The Kier molecular flexibility index (Phi) is 3.71. The summed E-state index contributed by atoms with van der Waals surface area (Å²) in [6.45, 7) is -0.155. The van der Waals surface area contributed by atoms with Crippen LogP contribution >= 0.6 is 0 Å². The van der Waals surface area contributed by atoms with Gasteiger partial charge in [0, 0.05) is 19.8 Å². The molecule has 1 aromatic carbocycles. The molecule has 2 amide bonds. The van der Waals surface area contributed by atoms with Crippen LogP contribution in [0.5, 0.6) is 5.75 Å². The van der Waals surface area contributed by atoms with E-state index in [1.807, 2.05) is 0 Å². The molecule has 0 unspecified atom stereocenters. The zero-order valence-corrected chi connectivity index (χ0v) is 10.9. The second kappa shape index (κ2) is 5.27. The molecule has 1 aromatic rings. The number of amides is 2. The zero-order chi connectivity index (χ0) is 14.0. The molecular formula is C13H16N2O4. The van der Waals surface area contributed by atoms with Crippen LogP contribution in [0.4, 0.5) is 11.4 Å². The molecule has 102 valence electrons. The van der Waals surface area contributed by atoms with Crippen LogP contribution in [0.15, 0.2) is 18.2 Å². The molecule has 0 fully saturated rings. The molecule has 6 heteroatoms. The number of aliphatic hydroxyl groups is 1. The Morgan fingerprint density at radius 3 is 2.95 bits per heavy atom. The maximum atomic E-state index is 11.7. The van der Waals surface area contributed by atoms with Crippen molar-refractivity contribution in [2.45, 2.75) is 6.42 Å². The lowest BCUT2D eigenvalue weighted by Crippen LogP contribution is -2.35. The van der Waals surface area contributed by atoms with Gasteiger partial charge in [-0.05, 0) is 18.2 Å². The maximum Gasteiger partial charge on any atom is 0.264 e. The molecule has 0 saturated carbocycles. The standard InChI is InChI=1S/C13H16N2O4/c1-14(12(17)5-6-16)9-3-4-11-10(7-9)15(2)13(18)8-19-11/h3-4,7,16H,5-6,8H2,1-2H3. The Balaban J connectivity index is 2.30. The van der Waals surface area contributed by atoms with Gasteiger partial charge in [0.1, 0.15) is 5.75 Å². The number of carbonyl (C=O) groups excluding carboxylic acids is 2. The summed E-state index contributed by atoms with van der Waals surface area (Å²) in [7, 11) is 3.30. The summed E-state index contributed by atoms with van der Waals surface area (Å²) in [5.74, 6) is 0.302. The molecule has 0 bridgehead atoms. The smallest absolute Gasteiger partial charge is 0.264 e. The topological polar surface area (TPSA) is 70.1 Å². The molecule has 0 aliphatic carbocycles. The van der Waals surface area contributed by atoms with Crippen LogP contribution in [0.3, 0.4) is 0 Å². The minimum atomic E-state index is -0.187. The van der Waals surface area contributed by atoms with Gasteiger partial charge in [-0.15, -0.1) is 0 Å². The average Bonchev–Trinajstić information content (AvgIpc) is 2.42. The molecule has 0 radical (unpaired) electrons. The van der Waals surface area contributed by atoms with Crippen LogP contribution in [0.2, 0.25) is 0 Å². The number of nitrogens with zero attached hydrogens (tertiary/aromatic N) is 2. The molecule has 0 aromatic heterocycles. The minimum absolute atomic E-state index is 0.0299. The first-order valence-electron chi connectivity index (χ1n) is 5.95. The van der Waals surface area contributed by atoms with E-state index in [0.29, 0.717) is 17.1 Å². The Hall–Kier alpha value is -2.08. The minimum Gasteiger partial charge on any atom is -0.482 e. The van der Waals surface area contributed by atoms with E-state index >= 15 is 0 Å². The first-order chi connectivity index (χ1) is 9.04. The molecule has 0 atom stereocenters. The second-order valence-electron chi connectivity index (χ2n) is 4.32. The zero-order valence-electron chi connectivity index (χ0n) is 10.9. The molecule has 1 aliphatic rings. The van der Waals surface area contributed by atoms with Gasteiger partial charge in [0.05, 0.1) is 18.7 Å². The van der Waals surface area contributed by atoms with Gasteiger partial charge in [-0.3, -0.25) is 9.59 Å². The van der Waals surface area contributed by atoms with E-state index < -0.39 is 0 Å². The molecule has 1 aliphatic heterocycles. The predicted octanol–water partition coefficient (Wildman–Crippen LogP) is 0.387. The Morgan fingerprint density at radius 1 is 1.53 bits per heavy atom. The van der Waals surface area contributed by atoms with Crippen LogP contribution in [0, 0.1) is 0 Å². The van der Waals surface area contributed by atoms with Crippen molar-refractivity contribution in [3.63, 3.8) is 0 Å². The molecule has 1 heterocycles. The van der Waals surface area contributed by atoms with Crippen molar-refractivity contribution in [2.24, 2.45) is 0 Å². The van der Waals surface area contributed by atoms with Gasteiger partial charge in [-0.2, -0.15) is 0 Å². The van der Waals surface area contributed by atoms with E-state index in [4.69, 9.17) is 9.84 Å². The third-order valence-electron chi connectivity index (χ3n) is 3.12. The van der Waals surface area contributed by atoms with Crippen LogP contribution in [0.1, 0.15) is 6.42 Å². The number of hydrogen-bond acceptors (Lipinski definition) is 4. The monoisotopic (exact) mass is 264 g/mol. The van der Waals surface area contributed by atoms with Crippen LogP contribution in [-0.4, -0.2) is 44.2 Å². The summed E-state index contributed by atoms with van der Waals surface area (Å²) in [5, 5.41) is 8.78. The molecular weight excluding hydrogens is 248 g/mol. The van der Waals surface area contributed by atoms with Gasteiger partial charge in [0.25, 0.3) is 5.91 Å². The summed E-state index contributed by atoms with van der Waals surface area (Å²) >= 11 is 0. The van der Waals surface area contributed by atoms with Crippen molar-refractivity contribution < 1.29 is 19.4 Å². The van der Waals surface area contributed by atoms with Crippen molar-refractivity contribution in [3.05, 3.63) is 18.2 Å². The summed E-state index contributed by atoms with van der Waals surface area (Å²) in [5.41, 5.74) is 1.29. The van der Waals surface area contributed by atoms with Crippen molar-refractivity contribution >= 4 is 23.2 Å². The van der Waals surface area contributed by atoms with Crippen molar-refractivity contribution in [1.82, 2.24) is 0 Å². The Bertz CT molecular complexity index is 515. The molecule has 2 rings (SSSR count). The second-order valence-corrected chi connectivity index (χ2v) is 4.32. The van der Waals surface area contributed by atoms with E-state index in [1.165, 1.54) is 9.80 Å². The largest absolute Gasteiger partial charge is 0.482 e. The Labute approximate surface area is 111 Å². The number of hydrogen-bond donors (Lipinski definition) is 1. The van der Waals surface area contributed by atoms with Crippen LogP contribution < -0.4 is 14.5 Å². The average molecular weight is 264 g/mol. The van der Waals surface area contributed by atoms with Crippen LogP contribution in [-0.2, 0) is 9.59 Å².